The van der Waals surface area contributed by atoms with Crippen LogP contribution in [-0.2, 0) is 19.1 Å². The summed E-state index contributed by atoms with van der Waals surface area (Å²) in [6.45, 7) is 17.4. The second kappa shape index (κ2) is 8.18. The summed E-state index contributed by atoms with van der Waals surface area (Å²) >= 11 is 0. The van der Waals surface area contributed by atoms with Gasteiger partial charge in [-0.05, 0) is 110 Å². The number of aliphatic carboxylic acids is 1. The fourth-order valence-corrected chi connectivity index (χ4v) is 11.0. The molecule has 5 nitrogen and oxygen atoms in total. The monoisotopic (exact) mass is 512 g/mol. The summed E-state index contributed by atoms with van der Waals surface area (Å²) in [5, 5.41) is 10.5. The number of allylic oxidation sites excluding steroid dienone is 2. The van der Waals surface area contributed by atoms with Crippen molar-refractivity contribution in [2.75, 3.05) is 0 Å². The highest BCUT2D eigenvalue weighted by Gasteiger charge is 2.72. The van der Waals surface area contributed by atoms with E-state index in [1.165, 1.54) is 31.8 Å². The topological polar surface area (TPSA) is 80.7 Å². The van der Waals surface area contributed by atoms with Gasteiger partial charge in [0.15, 0.2) is 5.78 Å². The minimum Gasteiger partial charge on any atom is -0.481 e. The van der Waals surface area contributed by atoms with Gasteiger partial charge in [0.1, 0.15) is 11.5 Å². The molecule has 0 amide bonds. The number of carboxylic acids is 1. The van der Waals surface area contributed by atoms with Crippen LogP contribution >= 0.6 is 0 Å². The molecule has 0 aliphatic heterocycles. The molecule has 3 unspecified atom stereocenters. The van der Waals surface area contributed by atoms with E-state index in [4.69, 9.17) is 4.74 Å². The molecule has 5 rings (SSSR count). The van der Waals surface area contributed by atoms with Gasteiger partial charge in [-0.2, -0.15) is 0 Å². The van der Waals surface area contributed by atoms with E-state index in [-0.39, 0.29) is 33.9 Å². The standard InChI is InChI=1S/C32H48O5/c1-18-9-12-28(4)15-16-30(6)21(25(28)19(18)2)17-22(34)26-29(5)13-11-24(37-20(3)33)32(8,27(35)36)23(29)10-14-31(26,30)7/h17-19,23-26H,9-16H2,1-8H3,(H,35,36)/t18-,19+,23?,24+,25?,26?,28-,29+,30-,31-,32-/m1/s1. The molecular weight excluding hydrogens is 464 g/mol. The molecule has 0 saturated heterocycles. The second-order valence-corrected chi connectivity index (χ2v) is 15.0. The maximum atomic E-state index is 14.4. The normalized spacial score (nSPS) is 53.1. The fraction of sp³-hybridized carbons (Fsp3) is 0.844. The molecule has 4 saturated carbocycles. The second-order valence-electron chi connectivity index (χ2n) is 15.0. The van der Waals surface area contributed by atoms with Crippen molar-refractivity contribution in [1.82, 2.24) is 0 Å². The van der Waals surface area contributed by atoms with Crippen LogP contribution in [0, 0.1) is 56.7 Å². The van der Waals surface area contributed by atoms with Crippen molar-refractivity contribution in [1.29, 1.82) is 0 Å². The summed E-state index contributed by atoms with van der Waals surface area (Å²) in [5.74, 6) is 0.0756. The molecule has 0 bridgehead atoms. The number of carbonyl (C=O) groups is 3. The number of carboxylic acid groups (broad SMARTS) is 1. The van der Waals surface area contributed by atoms with E-state index >= 15 is 0 Å². The van der Waals surface area contributed by atoms with Gasteiger partial charge in [0, 0.05) is 12.8 Å². The zero-order chi connectivity index (χ0) is 27.3. The SMILES string of the molecule is CC(=O)O[C@H]1CC[C@@]2(C)C(CC[C@]3(C)C2C(=O)C=C2C4[C@@H](C)[C@H](C)CC[C@]4(C)CC[C@]23C)[C@@]1(C)C(=O)O. The lowest BCUT2D eigenvalue weighted by Crippen LogP contribution is -2.68. The Morgan fingerprint density at radius 2 is 1.62 bits per heavy atom. The largest absolute Gasteiger partial charge is 0.481 e. The van der Waals surface area contributed by atoms with Crippen molar-refractivity contribution in [3.63, 3.8) is 0 Å². The molecule has 5 aliphatic carbocycles. The van der Waals surface area contributed by atoms with Gasteiger partial charge in [0.2, 0.25) is 0 Å². The Hall–Kier alpha value is -1.65. The Bertz CT molecular complexity index is 1060. The number of fused-ring (bicyclic) bond motifs is 7. The van der Waals surface area contributed by atoms with Gasteiger partial charge in [-0.15, -0.1) is 0 Å². The van der Waals surface area contributed by atoms with Gasteiger partial charge in [-0.3, -0.25) is 14.4 Å². The third-order valence-electron chi connectivity index (χ3n) is 13.5. The molecule has 0 heterocycles. The molecule has 4 fully saturated rings. The third kappa shape index (κ3) is 3.30. The molecule has 206 valence electrons. The molecule has 0 spiro atoms. The van der Waals surface area contributed by atoms with Crippen molar-refractivity contribution in [3.05, 3.63) is 11.6 Å². The van der Waals surface area contributed by atoms with Gasteiger partial charge in [0.25, 0.3) is 0 Å². The Morgan fingerprint density at radius 1 is 0.946 bits per heavy atom. The van der Waals surface area contributed by atoms with Crippen LogP contribution in [0.2, 0.25) is 0 Å². The average Bonchev–Trinajstić information content (AvgIpc) is 2.79. The van der Waals surface area contributed by atoms with Gasteiger partial charge in [0.05, 0.1) is 0 Å². The summed E-state index contributed by atoms with van der Waals surface area (Å²) in [6.07, 6.45) is 8.96. The average molecular weight is 513 g/mol. The first-order valence-electron chi connectivity index (χ1n) is 14.7. The number of hydrogen-bond donors (Lipinski definition) is 1. The quantitative estimate of drug-likeness (QED) is 0.410. The van der Waals surface area contributed by atoms with E-state index in [0.717, 1.165) is 19.3 Å². The maximum absolute atomic E-state index is 14.4. The molecule has 11 atom stereocenters. The van der Waals surface area contributed by atoms with Gasteiger partial charge >= 0.3 is 11.9 Å². The van der Waals surface area contributed by atoms with Crippen molar-refractivity contribution in [2.24, 2.45) is 56.7 Å². The van der Waals surface area contributed by atoms with Crippen LogP contribution in [0.3, 0.4) is 0 Å². The first kappa shape index (κ1) is 26.9. The Balaban J connectivity index is 1.62. The van der Waals surface area contributed by atoms with Crippen LogP contribution in [0.15, 0.2) is 11.6 Å². The van der Waals surface area contributed by atoms with E-state index in [2.05, 4.69) is 47.6 Å². The number of hydrogen-bond acceptors (Lipinski definition) is 4. The van der Waals surface area contributed by atoms with Gasteiger partial charge < -0.3 is 9.84 Å². The van der Waals surface area contributed by atoms with E-state index < -0.39 is 28.9 Å². The smallest absolute Gasteiger partial charge is 0.313 e. The van der Waals surface area contributed by atoms with Crippen molar-refractivity contribution in [3.8, 4) is 0 Å². The number of rotatable bonds is 2. The number of esters is 1. The lowest BCUT2D eigenvalue weighted by Gasteiger charge is -2.70. The molecule has 37 heavy (non-hydrogen) atoms. The van der Waals surface area contributed by atoms with Crippen molar-refractivity contribution in [2.45, 2.75) is 113 Å². The summed E-state index contributed by atoms with van der Waals surface area (Å²) in [7, 11) is 0. The highest BCUT2D eigenvalue weighted by Crippen LogP contribution is 2.75. The molecule has 0 aromatic heterocycles. The van der Waals surface area contributed by atoms with Crippen LogP contribution in [0.25, 0.3) is 0 Å². The molecular formula is C32H48O5. The van der Waals surface area contributed by atoms with Crippen molar-refractivity contribution < 1.29 is 24.2 Å². The summed E-state index contributed by atoms with van der Waals surface area (Å²) in [4.78, 5) is 39.1. The molecule has 0 radical (unpaired) electrons. The number of ether oxygens (including phenoxy) is 1. The predicted octanol–water partition coefficient (Wildman–Crippen LogP) is 6.84. The lowest BCUT2D eigenvalue weighted by molar-refractivity contribution is -0.220. The Morgan fingerprint density at radius 3 is 2.24 bits per heavy atom. The van der Waals surface area contributed by atoms with Crippen LogP contribution in [0.4, 0.5) is 0 Å². The van der Waals surface area contributed by atoms with Crippen molar-refractivity contribution >= 4 is 17.7 Å². The van der Waals surface area contributed by atoms with Crippen LogP contribution in [0.5, 0.6) is 0 Å². The minimum atomic E-state index is -1.20. The molecule has 1 N–H and O–H groups in total. The fourth-order valence-electron chi connectivity index (χ4n) is 11.0. The molecule has 5 heteroatoms. The lowest BCUT2D eigenvalue weighted by atomic mass is 9.33. The molecule has 0 aromatic carbocycles. The zero-order valence-electron chi connectivity index (χ0n) is 24.3. The number of ketones is 1. The first-order valence-corrected chi connectivity index (χ1v) is 14.7. The summed E-state index contributed by atoms with van der Waals surface area (Å²) in [5.41, 5.74) is -0.280. The van der Waals surface area contributed by atoms with E-state index in [0.29, 0.717) is 30.6 Å². The van der Waals surface area contributed by atoms with E-state index in [1.807, 2.05) is 0 Å². The van der Waals surface area contributed by atoms with E-state index in [9.17, 15) is 19.5 Å². The summed E-state index contributed by atoms with van der Waals surface area (Å²) < 4.78 is 5.63. The zero-order valence-corrected chi connectivity index (χ0v) is 24.3. The summed E-state index contributed by atoms with van der Waals surface area (Å²) in [6, 6.07) is 0. The Kier molecular flexibility index (Phi) is 5.95. The Labute approximate surface area is 223 Å². The highest BCUT2D eigenvalue weighted by molar-refractivity contribution is 5.96. The molecule has 5 aliphatic rings. The van der Waals surface area contributed by atoms with Gasteiger partial charge in [-0.1, -0.05) is 47.1 Å². The van der Waals surface area contributed by atoms with Crippen LogP contribution in [-0.4, -0.2) is 28.9 Å². The highest BCUT2D eigenvalue weighted by atomic mass is 16.5. The maximum Gasteiger partial charge on any atom is 0.313 e. The van der Waals surface area contributed by atoms with E-state index in [1.54, 1.807) is 6.92 Å². The number of carbonyl (C=O) groups excluding carboxylic acids is 2. The van der Waals surface area contributed by atoms with Crippen LogP contribution < -0.4 is 0 Å². The minimum absolute atomic E-state index is 0.0680. The van der Waals surface area contributed by atoms with Gasteiger partial charge in [-0.25, -0.2) is 0 Å². The third-order valence-corrected chi connectivity index (χ3v) is 13.5. The first-order chi connectivity index (χ1) is 17.1. The molecule has 0 aromatic rings. The van der Waals surface area contributed by atoms with Crippen LogP contribution in [0.1, 0.15) is 107 Å². The predicted molar refractivity (Wildman–Crippen MR) is 143 cm³/mol.